The Labute approximate surface area is 116 Å². The normalized spacial score (nSPS) is 12.2. The van der Waals surface area contributed by atoms with Crippen molar-refractivity contribution >= 4 is 17.5 Å². The van der Waals surface area contributed by atoms with Crippen LogP contribution < -0.4 is 5.32 Å². The van der Waals surface area contributed by atoms with E-state index in [1.165, 1.54) is 6.20 Å². The first-order chi connectivity index (χ1) is 9.10. The van der Waals surface area contributed by atoms with Gasteiger partial charge in [-0.15, -0.1) is 0 Å². The molecule has 0 unspecified atom stereocenters. The highest BCUT2D eigenvalue weighted by atomic mass is 35.5. The summed E-state index contributed by atoms with van der Waals surface area (Å²) in [7, 11) is 0. The van der Waals surface area contributed by atoms with Gasteiger partial charge in [0.05, 0.1) is 11.1 Å². The number of carbonyl (C=O) groups is 1. The number of nitrogens with one attached hydrogen (secondary N) is 2. The summed E-state index contributed by atoms with van der Waals surface area (Å²) in [6, 6.07) is 3.08. The maximum absolute atomic E-state index is 12.0. The smallest absolute Gasteiger partial charge is 0.270 e. The average molecular weight is 279 g/mol. The molecule has 6 heteroatoms. The summed E-state index contributed by atoms with van der Waals surface area (Å²) in [5, 5.41) is 3.40. The van der Waals surface area contributed by atoms with Gasteiger partial charge in [0.2, 0.25) is 0 Å². The van der Waals surface area contributed by atoms with Crippen molar-refractivity contribution in [3.05, 3.63) is 46.8 Å². The van der Waals surface area contributed by atoms with Crippen molar-refractivity contribution in [1.29, 1.82) is 0 Å². The second-order valence-corrected chi connectivity index (χ2v) is 4.68. The number of hydrogen-bond donors (Lipinski definition) is 2. The molecule has 1 atom stereocenters. The molecule has 2 aromatic rings. The van der Waals surface area contributed by atoms with Crippen molar-refractivity contribution < 1.29 is 4.79 Å². The number of aromatic nitrogens is 3. The molecule has 0 aromatic carbocycles. The van der Waals surface area contributed by atoms with Crippen LogP contribution in [0.25, 0.3) is 0 Å². The van der Waals surface area contributed by atoms with Gasteiger partial charge in [-0.05, 0) is 25.5 Å². The lowest BCUT2D eigenvalue weighted by atomic mass is 10.2. The van der Waals surface area contributed by atoms with Crippen molar-refractivity contribution in [1.82, 2.24) is 20.3 Å². The fraction of sp³-hybridized carbons (Fsp3) is 0.308. The zero-order valence-corrected chi connectivity index (χ0v) is 11.5. The van der Waals surface area contributed by atoms with E-state index in [0.717, 1.165) is 17.9 Å². The van der Waals surface area contributed by atoms with E-state index < -0.39 is 0 Å². The standard InChI is InChI=1S/C13H15ClN4O/c1-3-10(12-16-6-8(2)17-12)18-13(19)11-5-4-9(14)7-15-11/h4-7,10H,3H2,1-2H3,(H,16,17)(H,18,19)/t10-/m1/s1. The van der Waals surface area contributed by atoms with E-state index in [1.54, 1.807) is 18.3 Å². The largest absolute Gasteiger partial charge is 0.344 e. The molecule has 5 nitrogen and oxygen atoms in total. The third-order valence-corrected chi connectivity index (χ3v) is 2.95. The number of aromatic amines is 1. The van der Waals surface area contributed by atoms with Crippen LogP contribution in [0.1, 0.15) is 41.4 Å². The summed E-state index contributed by atoms with van der Waals surface area (Å²) < 4.78 is 0. The molecule has 0 aliphatic heterocycles. The van der Waals surface area contributed by atoms with Gasteiger partial charge in [0.25, 0.3) is 5.91 Å². The van der Waals surface area contributed by atoms with Crippen LogP contribution >= 0.6 is 11.6 Å². The summed E-state index contributed by atoms with van der Waals surface area (Å²) in [4.78, 5) is 23.4. The van der Waals surface area contributed by atoms with Gasteiger partial charge in [0.1, 0.15) is 11.5 Å². The molecule has 0 bridgehead atoms. The van der Waals surface area contributed by atoms with Crippen LogP contribution in [0.4, 0.5) is 0 Å². The number of nitrogens with zero attached hydrogens (tertiary/aromatic N) is 2. The SMILES string of the molecule is CC[C@@H](NC(=O)c1ccc(Cl)cn1)c1ncc(C)[nH]1. The molecule has 0 fully saturated rings. The van der Waals surface area contributed by atoms with Gasteiger partial charge >= 0.3 is 0 Å². The van der Waals surface area contributed by atoms with Gasteiger partial charge in [-0.1, -0.05) is 18.5 Å². The van der Waals surface area contributed by atoms with E-state index in [1.807, 2.05) is 13.8 Å². The van der Waals surface area contributed by atoms with E-state index in [9.17, 15) is 4.79 Å². The summed E-state index contributed by atoms with van der Waals surface area (Å²) in [5.41, 5.74) is 1.30. The van der Waals surface area contributed by atoms with Gasteiger partial charge < -0.3 is 10.3 Å². The lowest BCUT2D eigenvalue weighted by molar-refractivity contribution is 0.0929. The van der Waals surface area contributed by atoms with Crippen molar-refractivity contribution in [2.45, 2.75) is 26.3 Å². The lowest BCUT2D eigenvalue weighted by Crippen LogP contribution is -2.29. The topological polar surface area (TPSA) is 70.7 Å². The van der Waals surface area contributed by atoms with Crippen LogP contribution in [0.2, 0.25) is 5.02 Å². The van der Waals surface area contributed by atoms with Crippen LogP contribution in [0.3, 0.4) is 0 Å². The van der Waals surface area contributed by atoms with Gasteiger partial charge in [-0.3, -0.25) is 4.79 Å². The van der Waals surface area contributed by atoms with Gasteiger partial charge in [0.15, 0.2) is 0 Å². The summed E-state index contributed by atoms with van der Waals surface area (Å²) in [5.74, 6) is 0.514. The predicted molar refractivity (Wildman–Crippen MR) is 73.1 cm³/mol. The Morgan fingerprint density at radius 2 is 2.21 bits per heavy atom. The fourth-order valence-corrected chi connectivity index (χ4v) is 1.83. The number of carbonyl (C=O) groups excluding carboxylic acids is 1. The molecule has 0 aliphatic carbocycles. The minimum absolute atomic E-state index is 0.154. The molecule has 2 aromatic heterocycles. The molecule has 0 radical (unpaired) electrons. The molecule has 0 saturated heterocycles. The third-order valence-electron chi connectivity index (χ3n) is 2.73. The van der Waals surface area contributed by atoms with Crippen molar-refractivity contribution in [3.63, 3.8) is 0 Å². The zero-order chi connectivity index (χ0) is 13.8. The second kappa shape index (κ2) is 5.84. The maximum Gasteiger partial charge on any atom is 0.270 e. The lowest BCUT2D eigenvalue weighted by Gasteiger charge is -2.14. The third kappa shape index (κ3) is 3.32. The number of pyridine rings is 1. The molecule has 0 spiro atoms. The van der Waals surface area contributed by atoms with Crippen molar-refractivity contribution in [2.75, 3.05) is 0 Å². The maximum atomic E-state index is 12.0. The monoisotopic (exact) mass is 278 g/mol. The van der Waals surface area contributed by atoms with Crippen LogP contribution in [-0.4, -0.2) is 20.9 Å². The van der Waals surface area contributed by atoms with Crippen molar-refractivity contribution in [2.24, 2.45) is 0 Å². The summed E-state index contributed by atoms with van der Waals surface area (Å²) in [6.45, 7) is 3.91. The quantitative estimate of drug-likeness (QED) is 0.903. The van der Waals surface area contributed by atoms with E-state index in [0.29, 0.717) is 10.7 Å². The Bertz CT molecular complexity index is 564. The number of hydrogen-bond acceptors (Lipinski definition) is 3. The number of H-pyrrole nitrogens is 1. The van der Waals surface area contributed by atoms with E-state index >= 15 is 0 Å². The Hall–Kier alpha value is -1.88. The van der Waals surface area contributed by atoms with Crippen LogP contribution in [0.15, 0.2) is 24.5 Å². The Balaban J connectivity index is 2.10. The molecule has 0 saturated carbocycles. The first-order valence-corrected chi connectivity index (χ1v) is 6.42. The Morgan fingerprint density at radius 3 is 2.74 bits per heavy atom. The second-order valence-electron chi connectivity index (χ2n) is 4.25. The molecule has 0 aliphatic rings. The molecular weight excluding hydrogens is 264 g/mol. The molecule has 2 heterocycles. The van der Waals surface area contributed by atoms with Crippen LogP contribution in [0, 0.1) is 6.92 Å². The fourth-order valence-electron chi connectivity index (χ4n) is 1.72. The average Bonchev–Trinajstić information content (AvgIpc) is 2.83. The zero-order valence-electron chi connectivity index (χ0n) is 10.8. The highest BCUT2D eigenvalue weighted by Gasteiger charge is 2.17. The van der Waals surface area contributed by atoms with Crippen LogP contribution in [-0.2, 0) is 0 Å². The van der Waals surface area contributed by atoms with E-state index in [2.05, 4.69) is 20.3 Å². The number of rotatable bonds is 4. The molecular formula is C13H15ClN4O. The minimum atomic E-state index is -0.238. The molecule has 2 rings (SSSR count). The number of aryl methyl sites for hydroxylation is 1. The Morgan fingerprint density at radius 1 is 1.42 bits per heavy atom. The highest BCUT2D eigenvalue weighted by Crippen LogP contribution is 2.14. The van der Waals surface area contributed by atoms with E-state index in [4.69, 9.17) is 11.6 Å². The molecule has 2 N–H and O–H groups in total. The Kier molecular flexibility index (Phi) is 4.16. The first-order valence-electron chi connectivity index (χ1n) is 6.04. The minimum Gasteiger partial charge on any atom is -0.344 e. The summed E-state index contributed by atoms with van der Waals surface area (Å²) in [6.07, 6.45) is 3.94. The van der Waals surface area contributed by atoms with Gasteiger partial charge in [0, 0.05) is 18.1 Å². The first kappa shape index (κ1) is 13.5. The number of imidazole rings is 1. The summed E-state index contributed by atoms with van der Waals surface area (Å²) >= 11 is 5.74. The number of amides is 1. The van der Waals surface area contributed by atoms with Crippen molar-refractivity contribution in [3.8, 4) is 0 Å². The molecule has 100 valence electrons. The molecule has 1 amide bonds. The van der Waals surface area contributed by atoms with Gasteiger partial charge in [-0.25, -0.2) is 9.97 Å². The van der Waals surface area contributed by atoms with E-state index in [-0.39, 0.29) is 11.9 Å². The van der Waals surface area contributed by atoms with Crippen LogP contribution in [0.5, 0.6) is 0 Å². The predicted octanol–water partition coefficient (Wildman–Crippen LogP) is 2.65. The number of halogens is 1. The molecule has 19 heavy (non-hydrogen) atoms. The van der Waals surface area contributed by atoms with Gasteiger partial charge in [-0.2, -0.15) is 0 Å². The highest BCUT2D eigenvalue weighted by molar-refractivity contribution is 6.30.